The standard InChI is InChI=1S/C29H42N2O5/c1-8-36-27(35)22-18(2)14-15-20-23(22)26(34)31(21(16-32)19-12-10-9-11-13-19)24(20)25(33)30-29(6,7)17-28(3,4)5/h9-15,18,20-24,32H,8,16-17H2,1-7H3,(H,30,33)/t18-,20+,21-,22-,23-,24+/m1/s1. The summed E-state index contributed by atoms with van der Waals surface area (Å²) in [6.45, 7) is 13.8. The van der Waals surface area contributed by atoms with E-state index in [1.807, 2.05) is 63.3 Å². The van der Waals surface area contributed by atoms with Gasteiger partial charge in [-0.1, -0.05) is 70.2 Å². The van der Waals surface area contributed by atoms with Gasteiger partial charge < -0.3 is 20.1 Å². The topological polar surface area (TPSA) is 95.9 Å². The largest absolute Gasteiger partial charge is 0.466 e. The van der Waals surface area contributed by atoms with E-state index in [-0.39, 0.29) is 36.4 Å². The molecule has 1 saturated heterocycles. The van der Waals surface area contributed by atoms with Gasteiger partial charge in [0.15, 0.2) is 0 Å². The van der Waals surface area contributed by atoms with Gasteiger partial charge in [0.2, 0.25) is 11.8 Å². The Balaban J connectivity index is 2.07. The minimum atomic E-state index is -0.861. The van der Waals surface area contributed by atoms with E-state index in [4.69, 9.17) is 4.74 Å². The first-order valence-electron chi connectivity index (χ1n) is 13.0. The summed E-state index contributed by atoms with van der Waals surface area (Å²) in [5, 5.41) is 13.6. The second-order valence-corrected chi connectivity index (χ2v) is 12.0. The van der Waals surface area contributed by atoms with Crippen LogP contribution in [0.3, 0.4) is 0 Å². The van der Waals surface area contributed by atoms with Gasteiger partial charge >= 0.3 is 5.97 Å². The zero-order valence-corrected chi connectivity index (χ0v) is 22.7. The SMILES string of the molecule is CCOC(=O)[C@H]1[C@@H]2C(=O)N([C@H](CO)c3ccccc3)[C@H](C(=O)NC(C)(C)CC(C)(C)C)[C@H]2C=C[C@H]1C. The maximum atomic E-state index is 14.1. The fourth-order valence-corrected chi connectivity index (χ4v) is 6.28. The van der Waals surface area contributed by atoms with E-state index in [1.165, 1.54) is 4.90 Å². The van der Waals surface area contributed by atoms with Gasteiger partial charge in [-0.15, -0.1) is 0 Å². The third-order valence-electron chi connectivity index (χ3n) is 7.16. The Morgan fingerprint density at radius 1 is 1.11 bits per heavy atom. The van der Waals surface area contributed by atoms with Crippen LogP contribution in [-0.4, -0.2) is 52.6 Å². The van der Waals surface area contributed by atoms with Crippen LogP contribution in [0.5, 0.6) is 0 Å². The monoisotopic (exact) mass is 498 g/mol. The molecule has 1 aliphatic heterocycles. The summed E-state index contributed by atoms with van der Waals surface area (Å²) in [6.07, 6.45) is 4.56. The molecule has 7 nitrogen and oxygen atoms in total. The number of amides is 2. The highest BCUT2D eigenvalue weighted by molar-refractivity contribution is 5.96. The van der Waals surface area contributed by atoms with E-state index in [2.05, 4.69) is 26.1 Å². The number of benzene rings is 1. The van der Waals surface area contributed by atoms with E-state index in [1.54, 1.807) is 6.92 Å². The molecule has 0 aromatic heterocycles. The summed E-state index contributed by atoms with van der Waals surface area (Å²) in [5.74, 6) is -3.14. The molecule has 36 heavy (non-hydrogen) atoms. The lowest BCUT2D eigenvalue weighted by Crippen LogP contribution is -2.55. The average Bonchev–Trinajstić information content (AvgIpc) is 3.05. The van der Waals surface area contributed by atoms with Crippen LogP contribution in [0.4, 0.5) is 0 Å². The maximum absolute atomic E-state index is 14.1. The molecule has 1 heterocycles. The molecule has 1 aliphatic carbocycles. The van der Waals surface area contributed by atoms with E-state index in [9.17, 15) is 19.5 Å². The number of nitrogens with one attached hydrogen (secondary N) is 1. The number of esters is 1. The van der Waals surface area contributed by atoms with Crippen molar-refractivity contribution in [3.8, 4) is 0 Å². The molecule has 2 aliphatic rings. The number of hydrogen-bond donors (Lipinski definition) is 2. The first-order valence-corrected chi connectivity index (χ1v) is 13.0. The number of aliphatic hydroxyl groups excluding tert-OH is 1. The quantitative estimate of drug-likeness (QED) is 0.419. The molecule has 6 atom stereocenters. The number of allylic oxidation sites excluding steroid dienone is 1. The summed E-state index contributed by atoms with van der Waals surface area (Å²) in [6, 6.07) is 7.67. The Hall–Kier alpha value is -2.67. The van der Waals surface area contributed by atoms with Crippen molar-refractivity contribution in [1.29, 1.82) is 0 Å². The minimum absolute atomic E-state index is 0.0165. The molecule has 1 aromatic rings. The van der Waals surface area contributed by atoms with Crippen LogP contribution >= 0.6 is 0 Å². The molecule has 0 radical (unpaired) electrons. The van der Waals surface area contributed by atoms with Gasteiger partial charge in [0.25, 0.3) is 0 Å². The van der Waals surface area contributed by atoms with Crippen molar-refractivity contribution in [1.82, 2.24) is 10.2 Å². The smallest absolute Gasteiger partial charge is 0.310 e. The highest BCUT2D eigenvalue weighted by Gasteiger charge is 2.59. The molecule has 2 N–H and O–H groups in total. The second-order valence-electron chi connectivity index (χ2n) is 12.0. The van der Waals surface area contributed by atoms with Gasteiger partial charge in [-0.2, -0.15) is 0 Å². The molecule has 3 rings (SSSR count). The molecule has 2 amide bonds. The van der Waals surface area contributed by atoms with Gasteiger partial charge in [0.05, 0.1) is 31.1 Å². The number of fused-ring (bicyclic) bond motifs is 1. The lowest BCUT2D eigenvalue weighted by atomic mass is 9.70. The highest BCUT2D eigenvalue weighted by atomic mass is 16.5. The first-order chi connectivity index (χ1) is 16.8. The summed E-state index contributed by atoms with van der Waals surface area (Å²) in [4.78, 5) is 42.6. The van der Waals surface area contributed by atoms with Gasteiger partial charge in [0, 0.05) is 11.5 Å². The molecule has 7 heteroatoms. The number of rotatable bonds is 8. The number of likely N-dealkylation sites (tertiary alicyclic amines) is 1. The van der Waals surface area contributed by atoms with Crippen molar-refractivity contribution in [3.63, 3.8) is 0 Å². The predicted molar refractivity (Wildman–Crippen MR) is 139 cm³/mol. The minimum Gasteiger partial charge on any atom is -0.466 e. The summed E-state index contributed by atoms with van der Waals surface area (Å²) in [7, 11) is 0. The van der Waals surface area contributed by atoms with Crippen molar-refractivity contribution in [2.24, 2.45) is 29.1 Å². The van der Waals surface area contributed by atoms with Crippen LogP contribution in [0.15, 0.2) is 42.5 Å². The normalized spacial score (nSPS) is 26.9. The zero-order valence-electron chi connectivity index (χ0n) is 22.7. The van der Waals surface area contributed by atoms with Crippen LogP contribution in [0.1, 0.15) is 66.5 Å². The summed E-state index contributed by atoms with van der Waals surface area (Å²) >= 11 is 0. The molecule has 0 saturated carbocycles. The Bertz CT molecular complexity index is 981. The van der Waals surface area contributed by atoms with Crippen LogP contribution in [0.25, 0.3) is 0 Å². The Labute approximate surface area is 215 Å². The summed E-state index contributed by atoms with van der Waals surface area (Å²) in [5.41, 5.74) is 0.205. The molecule has 1 fully saturated rings. The van der Waals surface area contributed by atoms with Crippen LogP contribution in [-0.2, 0) is 19.1 Å². The first kappa shape index (κ1) is 27.9. The lowest BCUT2D eigenvalue weighted by Gasteiger charge is -2.38. The van der Waals surface area contributed by atoms with Crippen molar-refractivity contribution in [2.45, 2.75) is 72.5 Å². The van der Waals surface area contributed by atoms with Crippen molar-refractivity contribution in [2.75, 3.05) is 13.2 Å². The Morgan fingerprint density at radius 3 is 2.31 bits per heavy atom. The molecule has 0 spiro atoms. The maximum Gasteiger partial charge on any atom is 0.310 e. The predicted octanol–water partition coefficient (Wildman–Crippen LogP) is 3.88. The van der Waals surface area contributed by atoms with Crippen LogP contribution in [0.2, 0.25) is 0 Å². The molecule has 198 valence electrons. The van der Waals surface area contributed by atoms with Gasteiger partial charge in [-0.3, -0.25) is 14.4 Å². The molecular formula is C29H42N2O5. The van der Waals surface area contributed by atoms with Gasteiger partial charge in [0.1, 0.15) is 6.04 Å². The number of nitrogens with zero attached hydrogens (tertiary/aromatic N) is 1. The van der Waals surface area contributed by atoms with E-state index < -0.39 is 41.3 Å². The van der Waals surface area contributed by atoms with Crippen LogP contribution in [0, 0.1) is 29.1 Å². The zero-order chi connectivity index (χ0) is 26.8. The van der Waals surface area contributed by atoms with Crippen molar-refractivity contribution < 1.29 is 24.2 Å². The number of aliphatic hydroxyl groups is 1. The molecule has 1 aromatic carbocycles. The number of ether oxygens (including phenoxy) is 1. The molecule has 0 bridgehead atoms. The average molecular weight is 499 g/mol. The van der Waals surface area contributed by atoms with E-state index in [0.717, 1.165) is 12.0 Å². The van der Waals surface area contributed by atoms with E-state index in [0.29, 0.717) is 0 Å². The molecule has 0 unspecified atom stereocenters. The van der Waals surface area contributed by atoms with E-state index >= 15 is 0 Å². The van der Waals surface area contributed by atoms with Crippen LogP contribution < -0.4 is 5.32 Å². The number of carbonyl (C=O) groups excluding carboxylic acids is 3. The number of carbonyl (C=O) groups is 3. The third kappa shape index (κ3) is 5.83. The highest BCUT2D eigenvalue weighted by Crippen LogP contribution is 2.47. The fraction of sp³-hybridized carbons (Fsp3) is 0.621. The number of hydrogen-bond acceptors (Lipinski definition) is 5. The lowest BCUT2D eigenvalue weighted by molar-refractivity contribution is -0.155. The Kier molecular flexibility index (Phi) is 8.33. The van der Waals surface area contributed by atoms with Crippen molar-refractivity contribution >= 4 is 17.8 Å². The fourth-order valence-electron chi connectivity index (χ4n) is 6.28. The second kappa shape index (κ2) is 10.8. The van der Waals surface area contributed by atoms with Gasteiger partial charge in [-0.05, 0) is 44.1 Å². The van der Waals surface area contributed by atoms with Crippen molar-refractivity contribution in [3.05, 3.63) is 48.0 Å². The molecular weight excluding hydrogens is 456 g/mol. The summed E-state index contributed by atoms with van der Waals surface area (Å²) < 4.78 is 5.35. The van der Waals surface area contributed by atoms with Gasteiger partial charge in [-0.25, -0.2) is 0 Å². The Morgan fingerprint density at radius 2 is 1.75 bits per heavy atom. The third-order valence-corrected chi connectivity index (χ3v) is 7.16.